The lowest BCUT2D eigenvalue weighted by Crippen LogP contribution is -2.54. The third-order valence-electron chi connectivity index (χ3n) is 6.03. The van der Waals surface area contributed by atoms with E-state index >= 15 is 0 Å². The van der Waals surface area contributed by atoms with E-state index in [4.69, 9.17) is 10.5 Å². The van der Waals surface area contributed by atoms with Gasteiger partial charge in [0.15, 0.2) is 0 Å². The number of nitrogens with two attached hydrogens (primary N) is 1. The summed E-state index contributed by atoms with van der Waals surface area (Å²) in [5.74, 6) is 0.516. The molecule has 25 heavy (non-hydrogen) atoms. The summed E-state index contributed by atoms with van der Waals surface area (Å²) in [5, 5.41) is 6.31. The van der Waals surface area contributed by atoms with Crippen LogP contribution in [-0.4, -0.2) is 67.7 Å². The van der Waals surface area contributed by atoms with Crippen LogP contribution in [0.2, 0.25) is 0 Å². The average Bonchev–Trinajstić information content (AvgIpc) is 3.29. The van der Waals surface area contributed by atoms with Crippen molar-refractivity contribution in [1.29, 1.82) is 0 Å². The van der Waals surface area contributed by atoms with Crippen molar-refractivity contribution in [2.24, 2.45) is 11.7 Å². The third-order valence-corrected chi connectivity index (χ3v) is 6.03. The molecule has 3 atom stereocenters. The fourth-order valence-corrected chi connectivity index (χ4v) is 4.42. The average molecular weight is 352 g/mol. The Morgan fingerprint density at radius 1 is 1.20 bits per heavy atom. The highest BCUT2D eigenvalue weighted by Crippen LogP contribution is 2.24. The maximum atomic E-state index is 12.9. The van der Waals surface area contributed by atoms with E-state index < -0.39 is 0 Å². The van der Waals surface area contributed by atoms with Gasteiger partial charge in [-0.2, -0.15) is 0 Å². The normalized spacial score (nSPS) is 35.8. The van der Waals surface area contributed by atoms with Crippen molar-refractivity contribution in [3.8, 4) is 0 Å². The minimum Gasteiger partial charge on any atom is -0.379 e. The number of hydrogen-bond donors (Lipinski definition) is 3. The van der Waals surface area contributed by atoms with Gasteiger partial charge in [0, 0.05) is 26.2 Å². The molecule has 0 radical (unpaired) electrons. The molecule has 7 heteroatoms. The van der Waals surface area contributed by atoms with Crippen molar-refractivity contribution in [2.75, 3.05) is 26.7 Å². The van der Waals surface area contributed by atoms with E-state index in [1.165, 1.54) is 0 Å². The summed E-state index contributed by atoms with van der Waals surface area (Å²) >= 11 is 0. The minimum absolute atomic E-state index is 0.00522. The molecule has 0 aromatic heterocycles. The minimum atomic E-state index is -0.335. The van der Waals surface area contributed by atoms with Gasteiger partial charge in [-0.25, -0.2) is 0 Å². The molecule has 3 fully saturated rings. The van der Waals surface area contributed by atoms with Crippen molar-refractivity contribution < 1.29 is 14.3 Å². The lowest BCUT2D eigenvalue weighted by atomic mass is 9.86. The summed E-state index contributed by atoms with van der Waals surface area (Å²) in [6, 6.07) is -0.334. The van der Waals surface area contributed by atoms with Crippen molar-refractivity contribution >= 4 is 11.8 Å². The Morgan fingerprint density at radius 2 is 1.96 bits per heavy atom. The van der Waals surface area contributed by atoms with Crippen LogP contribution in [0.3, 0.4) is 0 Å². The Labute approximate surface area is 150 Å². The molecule has 3 aliphatic rings. The van der Waals surface area contributed by atoms with Crippen LogP contribution in [-0.2, 0) is 14.3 Å². The van der Waals surface area contributed by atoms with Crippen LogP contribution in [0.5, 0.6) is 0 Å². The molecule has 0 unspecified atom stereocenters. The SMILES string of the molecule is CO[C@@H]1CCN[C@H]1C(=O)N1CCC[C@H]1C(=O)NCC1CCC(N)CC1. The van der Waals surface area contributed by atoms with Gasteiger partial charge in [0.05, 0.1) is 6.10 Å². The van der Waals surface area contributed by atoms with E-state index in [0.29, 0.717) is 25.0 Å². The smallest absolute Gasteiger partial charge is 0.243 e. The number of nitrogens with one attached hydrogen (secondary N) is 2. The number of nitrogens with zero attached hydrogens (tertiary/aromatic N) is 1. The molecule has 2 saturated heterocycles. The summed E-state index contributed by atoms with van der Waals surface area (Å²) in [6.45, 7) is 2.14. The van der Waals surface area contributed by atoms with Gasteiger partial charge in [-0.15, -0.1) is 0 Å². The predicted molar refractivity (Wildman–Crippen MR) is 94.9 cm³/mol. The van der Waals surface area contributed by atoms with Gasteiger partial charge in [0.2, 0.25) is 11.8 Å². The second kappa shape index (κ2) is 8.47. The van der Waals surface area contributed by atoms with Crippen LogP contribution in [0.25, 0.3) is 0 Å². The predicted octanol–water partition coefficient (Wildman–Crippen LogP) is -0.0120. The maximum Gasteiger partial charge on any atom is 0.243 e. The molecule has 4 N–H and O–H groups in total. The zero-order chi connectivity index (χ0) is 17.8. The molecule has 0 aromatic carbocycles. The van der Waals surface area contributed by atoms with Crippen molar-refractivity contribution in [3.63, 3.8) is 0 Å². The van der Waals surface area contributed by atoms with Gasteiger partial charge in [0.25, 0.3) is 0 Å². The molecule has 3 rings (SSSR count). The van der Waals surface area contributed by atoms with Crippen LogP contribution in [0.1, 0.15) is 44.9 Å². The zero-order valence-electron chi connectivity index (χ0n) is 15.2. The van der Waals surface area contributed by atoms with E-state index in [0.717, 1.165) is 51.5 Å². The summed E-state index contributed by atoms with van der Waals surface area (Å²) < 4.78 is 5.41. The summed E-state index contributed by atoms with van der Waals surface area (Å²) in [4.78, 5) is 27.3. The number of likely N-dealkylation sites (tertiary alicyclic amines) is 1. The van der Waals surface area contributed by atoms with Gasteiger partial charge in [0.1, 0.15) is 12.1 Å². The first kappa shape index (κ1) is 18.6. The van der Waals surface area contributed by atoms with Crippen LogP contribution in [0.4, 0.5) is 0 Å². The molecule has 0 aromatic rings. The van der Waals surface area contributed by atoms with Crippen LogP contribution in [0.15, 0.2) is 0 Å². The van der Waals surface area contributed by atoms with Gasteiger partial charge < -0.3 is 26.0 Å². The molecule has 7 nitrogen and oxygen atoms in total. The van der Waals surface area contributed by atoms with Gasteiger partial charge in [-0.1, -0.05) is 0 Å². The molecule has 0 bridgehead atoms. The fraction of sp³-hybridized carbons (Fsp3) is 0.889. The van der Waals surface area contributed by atoms with E-state index in [-0.39, 0.29) is 30.0 Å². The van der Waals surface area contributed by atoms with Crippen LogP contribution in [0, 0.1) is 5.92 Å². The highest BCUT2D eigenvalue weighted by atomic mass is 16.5. The largest absolute Gasteiger partial charge is 0.379 e. The van der Waals surface area contributed by atoms with Gasteiger partial charge in [-0.3, -0.25) is 9.59 Å². The first-order chi connectivity index (χ1) is 12.1. The number of carbonyl (C=O) groups is 2. The Bertz CT molecular complexity index is 479. The Balaban J connectivity index is 1.52. The molecular weight excluding hydrogens is 320 g/mol. The lowest BCUT2D eigenvalue weighted by molar-refractivity contribution is -0.141. The quantitative estimate of drug-likeness (QED) is 0.647. The first-order valence-corrected chi connectivity index (χ1v) is 9.70. The topological polar surface area (TPSA) is 96.7 Å². The molecule has 142 valence electrons. The third kappa shape index (κ3) is 4.33. The summed E-state index contributed by atoms with van der Waals surface area (Å²) in [7, 11) is 1.64. The second-order valence-corrected chi connectivity index (χ2v) is 7.71. The van der Waals surface area contributed by atoms with Crippen molar-refractivity contribution in [3.05, 3.63) is 0 Å². The van der Waals surface area contributed by atoms with Gasteiger partial charge in [-0.05, 0) is 57.4 Å². The molecular formula is C18H32N4O3. The van der Waals surface area contributed by atoms with Crippen LogP contribution >= 0.6 is 0 Å². The number of ether oxygens (including phenoxy) is 1. The number of rotatable bonds is 5. The highest BCUT2D eigenvalue weighted by Gasteiger charge is 2.41. The molecule has 2 aliphatic heterocycles. The second-order valence-electron chi connectivity index (χ2n) is 7.71. The monoisotopic (exact) mass is 352 g/mol. The number of methoxy groups -OCH3 is 1. The van der Waals surface area contributed by atoms with Gasteiger partial charge >= 0.3 is 0 Å². The van der Waals surface area contributed by atoms with E-state index in [9.17, 15) is 9.59 Å². The molecule has 1 aliphatic carbocycles. The standard InChI is InChI=1S/C18H32N4O3/c1-25-15-8-9-20-16(15)18(24)22-10-2-3-14(22)17(23)21-11-12-4-6-13(19)7-5-12/h12-16,20H,2-11,19H2,1H3,(H,21,23)/t12?,13?,14-,15+,16+/m0/s1. The van der Waals surface area contributed by atoms with Crippen molar-refractivity contribution in [1.82, 2.24) is 15.5 Å². The maximum absolute atomic E-state index is 12.9. The molecule has 2 heterocycles. The zero-order valence-corrected chi connectivity index (χ0v) is 15.2. The van der Waals surface area contributed by atoms with E-state index in [2.05, 4.69) is 10.6 Å². The number of hydrogen-bond acceptors (Lipinski definition) is 5. The van der Waals surface area contributed by atoms with Crippen LogP contribution < -0.4 is 16.4 Å². The summed E-state index contributed by atoms with van der Waals surface area (Å²) in [5.41, 5.74) is 5.94. The molecule has 2 amide bonds. The highest BCUT2D eigenvalue weighted by molar-refractivity contribution is 5.90. The molecule has 1 saturated carbocycles. The Kier molecular flexibility index (Phi) is 6.30. The first-order valence-electron chi connectivity index (χ1n) is 9.70. The summed E-state index contributed by atoms with van der Waals surface area (Å²) in [6.07, 6.45) is 6.61. The van der Waals surface area contributed by atoms with Crippen molar-refractivity contribution in [2.45, 2.75) is 69.2 Å². The number of amides is 2. The Morgan fingerprint density at radius 3 is 2.68 bits per heavy atom. The lowest BCUT2D eigenvalue weighted by Gasteiger charge is -2.30. The molecule has 0 spiro atoms. The number of carbonyl (C=O) groups excluding carboxylic acids is 2. The Hall–Kier alpha value is -1.18. The van der Waals surface area contributed by atoms with E-state index in [1.807, 2.05) is 0 Å². The fourth-order valence-electron chi connectivity index (χ4n) is 4.42. The van der Waals surface area contributed by atoms with E-state index in [1.54, 1.807) is 12.0 Å².